The van der Waals surface area contributed by atoms with Crippen molar-refractivity contribution in [2.45, 2.75) is 94.8 Å². The maximum atomic E-state index is 14.3. The monoisotopic (exact) mass is 831 g/mol. The van der Waals surface area contributed by atoms with Gasteiger partial charge in [0.15, 0.2) is 11.5 Å². The van der Waals surface area contributed by atoms with Gasteiger partial charge in [-0.05, 0) is 91.8 Å². The summed E-state index contributed by atoms with van der Waals surface area (Å²) in [5.74, 6) is 0.755. The summed E-state index contributed by atoms with van der Waals surface area (Å²) in [5.41, 5.74) is 3.46. The third-order valence-electron chi connectivity index (χ3n) is 12.9. The van der Waals surface area contributed by atoms with Crippen LogP contribution in [0.1, 0.15) is 81.3 Å². The Morgan fingerprint density at radius 3 is 2.62 bits per heavy atom. The number of amides is 1. The van der Waals surface area contributed by atoms with Gasteiger partial charge in [0, 0.05) is 63.7 Å². The Hall–Kier alpha value is -4.34. The topological polar surface area (TPSA) is 150 Å². The van der Waals surface area contributed by atoms with Crippen LogP contribution in [-0.4, -0.2) is 117 Å². The molecule has 2 aromatic rings. The molecule has 2 saturated heterocycles. The minimum absolute atomic E-state index is 0.0780. The molecule has 7 atom stereocenters. The highest BCUT2D eigenvalue weighted by molar-refractivity contribution is 6.03. The average Bonchev–Trinajstić information content (AvgIpc) is 3.98. The molecule has 4 aliphatic heterocycles. The van der Waals surface area contributed by atoms with E-state index >= 15 is 0 Å². The number of ether oxygens (including phenoxy) is 7. The van der Waals surface area contributed by atoms with E-state index in [1.165, 1.54) is 7.11 Å². The molecule has 2 aromatic carbocycles. The van der Waals surface area contributed by atoms with Crippen LogP contribution in [0.25, 0.3) is 0 Å². The zero-order valence-corrected chi connectivity index (χ0v) is 34.8. The molecule has 1 amide bonds. The number of carbonyl (C=O) groups is 1. The summed E-state index contributed by atoms with van der Waals surface area (Å²) in [6.45, 7) is 8.91. The van der Waals surface area contributed by atoms with Crippen molar-refractivity contribution in [2.24, 2.45) is 22.9 Å². The lowest BCUT2D eigenvalue weighted by Crippen LogP contribution is -2.70. The zero-order valence-electron chi connectivity index (χ0n) is 34.8. The number of oxime groups is 1. The Balaban J connectivity index is 1.30. The molecule has 0 radical (unpaired) electrons. The van der Waals surface area contributed by atoms with Crippen molar-refractivity contribution in [2.75, 3.05) is 66.6 Å². The zero-order chi connectivity index (χ0) is 41.5. The number of methoxy groups -OCH3 is 1. The molecule has 8 rings (SSSR count). The molecular formula is C46H61N3O11. The number of aliphatic hydroxyl groups is 2. The molecule has 60 heavy (non-hydrogen) atoms. The smallest absolute Gasteiger partial charge is 0.410 e. The van der Waals surface area contributed by atoms with Gasteiger partial charge in [0.25, 0.3) is 0 Å². The van der Waals surface area contributed by atoms with Crippen LogP contribution >= 0.6 is 0 Å². The highest BCUT2D eigenvalue weighted by atomic mass is 16.8. The minimum Gasteiger partial charge on any atom is -0.492 e. The number of benzene rings is 2. The second kappa shape index (κ2) is 19.6. The Kier molecular flexibility index (Phi) is 13.8. The quantitative estimate of drug-likeness (QED) is 0.0646. The third-order valence-corrected chi connectivity index (χ3v) is 12.9. The molecule has 1 unspecified atom stereocenters. The van der Waals surface area contributed by atoms with Gasteiger partial charge in [0.1, 0.15) is 24.1 Å². The lowest BCUT2D eigenvalue weighted by atomic mass is 9.55. The summed E-state index contributed by atoms with van der Waals surface area (Å²) in [6.07, 6.45) is 10.6. The lowest BCUT2D eigenvalue weighted by Gasteiger charge is -2.59. The second-order valence-corrected chi connectivity index (χ2v) is 16.6. The SMILES string of the molecule is C=CCO[C@@]12Oc3ccc(OCCN4CC4)cc3[C@H]3[C@H](CCCCO)[C@@H](CCCCO)C=C(C(=NOC4CCCCO4)C[C@@H]1N(Cc1ccc4c(c1)OCO4)C(=O)OC)[C@H]32. The molecule has 14 heteroatoms. The third kappa shape index (κ3) is 9.13. The number of unbranched alkanes of at least 4 members (excludes halogenated alkanes) is 2. The van der Waals surface area contributed by atoms with E-state index in [9.17, 15) is 15.0 Å². The number of rotatable bonds is 20. The number of aliphatic hydroxyl groups excluding tert-OH is 2. The van der Waals surface area contributed by atoms with E-state index in [-0.39, 0.29) is 57.3 Å². The van der Waals surface area contributed by atoms with Crippen LogP contribution in [0.4, 0.5) is 4.79 Å². The molecule has 0 bridgehead atoms. The molecule has 14 nitrogen and oxygen atoms in total. The summed E-state index contributed by atoms with van der Waals surface area (Å²) in [7, 11) is 1.38. The van der Waals surface area contributed by atoms with Gasteiger partial charge < -0.3 is 48.2 Å². The Bertz CT molecular complexity index is 1860. The van der Waals surface area contributed by atoms with Crippen LogP contribution in [0.5, 0.6) is 23.0 Å². The maximum Gasteiger partial charge on any atom is 0.410 e. The molecule has 2 aliphatic carbocycles. The maximum absolute atomic E-state index is 14.3. The first kappa shape index (κ1) is 42.4. The standard InChI is InChI=1S/C46H61N3O11/c1-3-22-58-46-41(49(45(52)53-2)29-31-13-15-39-40(25-31)57-30-56-39)28-37(47-60-42-12-6-9-23-55-42)35-26-32(10-4-7-20-50)34(11-5-8-21-51)43(44(35)46)36-27-33(14-16-38(36)59-46)54-24-19-48-17-18-48/h3,13-16,25-27,32,34,41-44,50-51H,1,4-12,17-24,28-30H2,2H3/t32-,34+,41-,42?,43+,44+,46+/m0/s1. The van der Waals surface area contributed by atoms with Crippen LogP contribution in [0.3, 0.4) is 0 Å². The fourth-order valence-corrected chi connectivity index (χ4v) is 9.90. The van der Waals surface area contributed by atoms with Crippen LogP contribution in [0.15, 0.2) is 65.9 Å². The van der Waals surface area contributed by atoms with E-state index in [0.717, 1.165) is 87.0 Å². The van der Waals surface area contributed by atoms with Gasteiger partial charge in [-0.25, -0.2) is 4.79 Å². The molecule has 1 saturated carbocycles. The molecular weight excluding hydrogens is 771 g/mol. The number of hydrogen-bond donors (Lipinski definition) is 2. The van der Waals surface area contributed by atoms with Gasteiger partial charge in [-0.15, -0.1) is 6.58 Å². The van der Waals surface area contributed by atoms with E-state index < -0.39 is 30.1 Å². The predicted molar refractivity (Wildman–Crippen MR) is 222 cm³/mol. The van der Waals surface area contributed by atoms with E-state index in [1.54, 1.807) is 11.0 Å². The van der Waals surface area contributed by atoms with Crippen molar-refractivity contribution in [3.63, 3.8) is 0 Å². The molecule has 0 spiro atoms. The first-order chi connectivity index (χ1) is 29.5. The fourth-order valence-electron chi connectivity index (χ4n) is 9.90. The number of carbonyl (C=O) groups excluding carboxylic acids is 1. The van der Waals surface area contributed by atoms with Gasteiger partial charge >= 0.3 is 6.09 Å². The number of fused-ring (bicyclic) bond motifs is 3. The van der Waals surface area contributed by atoms with Gasteiger partial charge in [-0.1, -0.05) is 36.2 Å². The number of nitrogens with zero attached hydrogens (tertiary/aromatic N) is 3. The summed E-state index contributed by atoms with van der Waals surface area (Å²) in [4.78, 5) is 24.6. The summed E-state index contributed by atoms with van der Waals surface area (Å²) in [5, 5.41) is 24.8. The Labute approximate surface area is 353 Å². The van der Waals surface area contributed by atoms with Crippen molar-refractivity contribution in [3.8, 4) is 23.0 Å². The fraction of sp³-hybridized carbons (Fsp3) is 0.609. The summed E-state index contributed by atoms with van der Waals surface area (Å²) < 4.78 is 43.8. The van der Waals surface area contributed by atoms with Gasteiger partial charge in [0.2, 0.25) is 18.9 Å². The number of hydrogen-bond acceptors (Lipinski definition) is 13. The molecule has 4 heterocycles. The van der Waals surface area contributed by atoms with Crippen LogP contribution in [0, 0.1) is 17.8 Å². The number of allylic oxidation sites excluding steroid dienone is 1. The van der Waals surface area contributed by atoms with Crippen molar-refractivity contribution < 1.29 is 53.0 Å². The van der Waals surface area contributed by atoms with Crippen molar-refractivity contribution in [1.82, 2.24) is 9.80 Å². The van der Waals surface area contributed by atoms with E-state index in [2.05, 4.69) is 23.6 Å². The largest absolute Gasteiger partial charge is 0.492 e. The van der Waals surface area contributed by atoms with Crippen molar-refractivity contribution in [3.05, 3.63) is 71.8 Å². The molecule has 2 N–H and O–H groups in total. The van der Waals surface area contributed by atoms with Gasteiger partial charge in [-0.3, -0.25) is 9.80 Å². The van der Waals surface area contributed by atoms with Crippen LogP contribution in [0.2, 0.25) is 0 Å². The first-order valence-corrected chi connectivity index (χ1v) is 21.9. The highest BCUT2D eigenvalue weighted by Gasteiger charge is 2.65. The molecule has 0 aromatic heterocycles. The minimum atomic E-state index is -1.44. The summed E-state index contributed by atoms with van der Waals surface area (Å²) in [6, 6.07) is 11.0. The van der Waals surface area contributed by atoms with Crippen LogP contribution in [-0.2, 0) is 25.6 Å². The van der Waals surface area contributed by atoms with E-state index in [0.29, 0.717) is 49.0 Å². The van der Waals surface area contributed by atoms with Crippen molar-refractivity contribution in [1.29, 1.82) is 0 Å². The Morgan fingerprint density at radius 2 is 1.85 bits per heavy atom. The van der Waals surface area contributed by atoms with Crippen LogP contribution < -0.4 is 18.9 Å². The first-order valence-electron chi connectivity index (χ1n) is 21.9. The molecule has 3 fully saturated rings. The lowest BCUT2D eigenvalue weighted by molar-refractivity contribution is -0.256. The molecule has 326 valence electrons. The normalized spacial score (nSPS) is 28.2. The van der Waals surface area contributed by atoms with Crippen molar-refractivity contribution >= 4 is 11.8 Å². The van der Waals surface area contributed by atoms with Gasteiger partial charge in [0.05, 0.1) is 32.0 Å². The average molecular weight is 832 g/mol. The Morgan fingerprint density at radius 1 is 1.03 bits per heavy atom. The van der Waals surface area contributed by atoms with E-state index in [1.807, 2.05) is 30.3 Å². The predicted octanol–water partition coefficient (Wildman–Crippen LogP) is 6.54. The van der Waals surface area contributed by atoms with E-state index in [4.69, 9.17) is 43.2 Å². The summed E-state index contributed by atoms with van der Waals surface area (Å²) >= 11 is 0. The highest BCUT2D eigenvalue weighted by Crippen LogP contribution is 2.62. The van der Waals surface area contributed by atoms with Gasteiger partial charge in [-0.2, -0.15) is 0 Å². The molecule has 6 aliphatic rings. The second-order valence-electron chi connectivity index (χ2n) is 16.6.